The fraction of sp³-hybridized carbons (Fsp3) is 0.950. The Kier molecular flexibility index (Phi) is 11.0. The first-order valence-corrected chi connectivity index (χ1v) is 10.7. The molecule has 2 saturated heterocycles. The van der Waals surface area contributed by atoms with Crippen LogP contribution in [0.3, 0.4) is 0 Å². The molecule has 2 atom stereocenters. The molecule has 6 heteroatoms. The van der Waals surface area contributed by atoms with E-state index in [-0.39, 0.29) is 0 Å². The summed E-state index contributed by atoms with van der Waals surface area (Å²) in [7, 11) is 0. The van der Waals surface area contributed by atoms with Gasteiger partial charge in [-0.15, -0.1) is 0 Å². The predicted octanol–water partition coefficient (Wildman–Crippen LogP) is 2.11. The first kappa shape index (κ1) is 21.5. The van der Waals surface area contributed by atoms with E-state index in [0.29, 0.717) is 5.92 Å². The summed E-state index contributed by atoms with van der Waals surface area (Å²) < 4.78 is 11.1. The Morgan fingerprint density at radius 2 is 2.19 bits per heavy atom. The van der Waals surface area contributed by atoms with E-state index in [2.05, 4.69) is 34.4 Å². The molecule has 0 aromatic carbocycles. The summed E-state index contributed by atoms with van der Waals surface area (Å²) in [5, 5.41) is 6.79. The molecule has 152 valence electrons. The van der Waals surface area contributed by atoms with E-state index in [1.165, 1.54) is 38.9 Å². The Balaban J connectivity index is 1.51. The van der Waals surface area contributed by atoms with Gasteiger partial charge in [0.25, 0.3) is 0 Å². The summed E-state index contributed by atoms with van der Waals surface area (Å²) >= 11 is 0. The van der Waals surface area contributed by atoms with Gasteiger partial charge in [-0.1, -0.05) is 6.92 Å². The smallest absolute Gasteiger partial charge is 0.191 e. The molecule has 2 aliphatic rings. The van der Waals surface area contributed by atoms with Crippen molar-refractivity contribution in [3.8, 4) is 0 Å². The number of rotatable bonds is 11. The van der Waals surface area contributed by atoms with Crippen molar-refractivity contribution in [2.75, 3.05) is 65.7 Å². The molecule has 0 spiro atoms. The van der Waals surface area contributed by atoms with E-state index in [0.717, 1.165) is 70.8 Å². The van der Waals surface area contributed by atoms with Crippen LogP contribution in [0, 0.1) is 11.8 Å². The number of aliphatic imine (C=N–C) groups is 1. The van der Waals surface area contributed by atoms with Gasteiger partial charge in [-0.05, 0) is 58.0 Å². The van der Waals surface area contributed by atoms with E-state index in [1.54, 1.807) is 0 Å². The molecular weight excluding hydrogens is 328 g/mol. The lowest BCUT2D eigenvalue weighted by atomic mass is 10.0. The minimum Gasteiger partial charge on any atom is -0.381 e. The van der Waals surface area contributed by atoms with Crippen molar-refractivity contribution in [2.24, 2.45) is 16.8 Å². The van der Waals surface area contributed by atoms with Crippen LogP contribution in [0.4, 0.5) is 0 Å². The van der Waals surface area contributed by atoms with Gasteiger partial charge in [-0.25, -0.2) is 0 Å². The highest BCUT2D eigenvalue weighted by Crippen LogP contribution is 2.15. The van der Waals surface area contributed by atoms with E-state index < -0.39 is 0 Å². The predicted molar refractivity (Wildman–Crippen MR) is 108 cm³/mol. The molecule has 6 nitrogen and oxygen atoms in total. The highest BCUT2D eigenvalue weighted by molar-refractivity contribution is 5.79. The van der Waals surface area contributed by atoms with Crippen LogP contribution in [-0.4, -0.2) is 76.6 Å². The monoisotopic (exact) mass is 368 g/mol. The van der Waals surface area contributed by atoms with Crippen LogP contribution in [0.15, 0.2) is 4.99 Å². The van der Waals surface area contributed by atoms with Gasteiger partial charge in [0, 0.05) is 45.3 Å². The summed E-state index contributed by atoms with van der Waals surface area (Å²) in [6.45, 7) is 14.3. The van der Waals surface area contributed by atoms with Crippen molar-refractivity contribution in [1.29, 1.82) is 0 Å². The molecule has 26 heavy (non-hydrogen) atoms. The number of nitrogens with zero attached hydrogens (tertiary/aromatic N) is 2. The topological polar surface area (TPSA) is 58.1 Å². The fourth-order valence-corrected chi connectivity index (χ4v) is 3.66. The molecule has 2 fully saturated rings. The molecule has 0 aliphatic carbocycles. The Hall–Kier alpha value is -0.850. The Bertz CT molecular complexity index is 386. The molecule has 0 bridgehead atoms. The Labute approximate surface area is 160 Å². The van der Waals surface area contributed by atoms with Crippen molar-refractivity contribution in [3.63, 3.8) is 0 Å². The number of nitrogens with one attached hydrogen (secondary N) is 2. The average Bonchev–Trinajstić information content (AvgIpc) is 3.15. The quantitative estimate of drug-likeness (QED) is 0.332. The second-order valence-corrected chi connectivity index (χ2v) is 7.75. The highest BCUT2D eigenvalue weighted by Gasteiger charge is 2.16. The standard InChI is InChI=1S/C20H40N4O2/c1-3-21-20(22-9-5-12-24-11-4-7-18(2)15-24)23-10-6-13-25-16-19-8-14-26-17-19/h18-19H,3-17H2,1-2H3,(H2,21,22,23). The van der Waals surface area contributed by atoms with Gasteiger partial charge in [0.05, 0.1) is 13.2 Å². The molecule has 2 heterocycles. The summed E-state index contributed by atoms with van der Waals surface area (Å²) in [6, 6.07) is 0. The Morgan fingerprint density at radius 1 is 1.27 bits per heavy atom. The molecule has 0 radical (unpaired) electrons. The normalized spacial score (nSPS) is 24.8. The van der Waals surface area contributed by atoms with E-state index >= 15 is 0 Å². The van der Waals surface area contributed by atoms with Gasteiger partial charge in [0.1, 0.15) is 0 Å². The van der Waals surface area contributed by atoms with Gasteiger partial charge < -0.3 is 25.0 Å². The molecule has 2 rings (SSSR count). The number of guanidine groups is 1. The second kappa shape index (κ2) is 13.3. The summed E-state index contributed by atoms with van der Waals surface area (Å²) in [5.74, 6) is 2.39. The van der Waals surface area contributed by atoms with Crippen molar-refractivity contribution in [1.82, 2.24) is 15.5 Å². The highest BCUT2D eigenvalue weighted by atomic mass is 16.5. The van der Waals surface area contributed by atoms with Crippen LogP contribution < -0.4 is 10.6 Å². The maximum atomic E-state index is 5.74. The third kappa shape index (κ3) is 9.19. The van der Waals surface area contributed by atoms with Crippen LogP contribution in [0.2, 0.25) is 0 Å². The summed E-state index contributed by atoms with van der Waals surface area (Å²) in [5.41, 5.74) is 0. The maximum absolute atomic E-state index is 5.74. The van der Waals surface area contributed by atoms with Gasteiger partial charge in [-0.2, -0.15) is 0 Å². The molecule has 0 aromatic heterocycles. The molecule has 2 aliphatic heterocycles. The van der Waals surface area contributed by atoms with E-state index in [9.17, 15) is 0 Å². The second-order valence-electron chi connectivity index (χ2n) is 7.75. The van der Waals surface area contributed by atoms with Crippen LogP contribution in [0.25, 0.3) is 0 Å². The molecule has 2 unspecified atom stereocenters. The zero-order chi connectivity index (χ0) is 18.5. The van der Waals surface area contributed by atoms with Crippen molar-refractivity contribution >= 4 is 5.96 Å². The number of hydrogen-bond acceptors (Lipinski definition) is 4. The van der Waals surface area contributed by atoms with Gasteiger partial charge >= 0.3 is 0 Å². The third-order valence-electron chi connectivity index (χ3n) is 5.12. The number of hydrogen-bond donors (Lipinski definition) is 2. The summed E-state index contributed by atoms with van der Waals surface area (Å²) in [4.78, 5) is 7.26. The molecular formula is C20H40N4O2. The zero-order valence-electron chi connectivity index (χ0n) is 17.0. The van der Waals surface area contributed by atoms with Crippen LogP contribution in [-0.2, 0) is 9.47 Å². The minimum absolute atomic E-state index is 0.598. The van der Waals surface area contributed by atoms with Gasteiger partial charge in [0.2, 0.25) is 0 Å². The SMILES string of the molecule is CCNC(=NCCCOCC1CCOC1)NCCCN1CCCC(C)C1. The number of ether oxygens (including phenoxy) is 2. The first-order valence-electron chi connectivity index (χ1n) is 10.7. The van der Waals surface area contributed by atoms with Crippen molar-refractivity contribution in [3.05, 3.63) is 0 Å². The Morgan fingerprint density at radius 3 is 2.96 bits per heavy atom. The summed E-state index contributed by atoms with van der Waals surface area (Å²) in [6.07, 6.45) is 6.03. The van der Waals surface area contributed by atoms with Gasteiger partial charge in [-0.3, -0.25) is 4.99 Å². The first-order chi connectivity index (χ1) is 12.8. The largest absolute Gasteiger partial charge is 0.381 e. The average molecular weight is 369 g/mol. The lowest BCUT2D eigenvalue weighted by molar-refractivity contribution is 0.0893. The lowest BCUT2D eigenvalue weighted by Gasteiger charge is -2.30. The van der Waals surface area contributed by atoms with Crippen molar-refractivity contribution in [2.45, 2.75) is 46.0 Å². The number of likely N-dealkylation sites (tertiary alicyclic amines) is 1. The van der Waals surface area contributed by atoms with E-state index in [4.69, 9.17) is 9.47 Å². The maximum Gasteiger partial charge on any atom is 0.191 e. The van der Waals surface area contributed by atoms with Crippen LogP contribution in [0.5, 0.6) is 0 Å². The van der Waals surface area contributed by atoms with Crippen molar-refractivity contribution < 1.29 is 9.47 Å². The fourth-order valence-electron chi connectivity index (χ4n) is 3.66. The number of piperidine rings is 1. The molecule has 2 N–H and O–H groups in total. The van der Waals surface area contributed by atoms with E-state index in [1.807, 2.05) is 0 Å². The molecule has 0 saturated carbocycles. The lowest BCUT2D eigenvalue weighted by Crippen LogP contribution is -2.40. The minimum atomic E-state index is 0.598. The molecule has 0 amide bonds. The molecule has 0 aromatic rings. The van der Waals surface area contributed by atoms with Crippen LogP contribution in [0.1, 0.15) is 46.0 Å². The zero-order valence-corrected chi connectivity index (χ0v) is 17.0. The van der Waals surface area contributed by atoms with Crippen LogP contribution >= 0.6 is 0 Å². The van der Waals surface area contributed by atoms with Gasteiger partial charge in [0.15, 0.2) is 5.96 Å². The third-order valence-corrected chi connectivity index (χ3v) is 5.12.